The van der Waals surface area contributed by atoms with Crippen molar-refractivity contribution in [1.29, 1.82) is 0 Å². The van der Waals surface area contributed by atoms with Gasteiger partial charge < -0.3 is 10.3 Å². The van der Waals surface area contributed by atoms with Crippen LogP contribution in [0.3, 0.4) is 0 Å². The van der Waals surface area contributed by atoms with Gasteiger partial charge in [-0.3, -0.25) is 0 Å². The molecule has 0 aromatic carbocycles. The Labute approximate surface area is 117 Å². The Balaban J connectivity index is 1.88. The molecule has 0 bridgehead atoms. The third-order valence-corrected chi connectivity index (χ3v) is 5.35. The van der Waals surface area contributed by atoms with Crippen LogP contribution in [0.4, 0.5) is 5.82 Å². The fourth-order valence-electron chi connectivity index (χ4n) is 2.55. The molecule has 4 nitrogen and oxygen atoms in total. The van der Waals surface area contributed by atoms with Gasteiger partial charge in [-0.15, -0.1) is 0 Å². The van der Waals surface area contributed by atoms with Gasteiger partial charge in [0.2, 0.25) is 0 Å². The van der Waals surface area contributed by atoms with Crippen LogP contribution in [-0.4, -0.2) is 25.5 Å². The van der Waals surface area contributed by atoms with Crippen LogP contribution in [0.1, 0.15) is 19.3 Å². The molecule has 2 aromatic heterocycles. The molecule has 2 aromatic rings. The molecule has 0 aliphatic heterocycles. The molecule has 0 spiro atoms. The molecule has 2 heterocycles. The molecule has 1 fully saturated rings. The van der Waals surface area contributed by atoms with Gasteiger partial charge in [-0.2, -0.15) is 11.8 Å². The monoisotopic (exact) mass is 274 g/mol. The largest absolute Gasteiger partial charge is 0.384 e. The third-order valence-electron chi connectivity index (χ3n) is 3.95. The van der Waals surface area contributed by atoms with Crippen molar-refractivity contribution in [2.45, 2.75) is 30.6 Å². The van der Waals surface area contributed by atoms with Crippen LogP contribution in [0, 0.1) is 0 Å². The summed E-state index contributed by atoms with van der Waals surface area (Å²) < 4.78 is 2.64. The molecular formula is C14H18N4S. The number of aromatic nitrogens is 3. The van der Waals surface area contributed by atoms with Crippen LogP contribution < -0.4 is 5.73 Å². The highest BCUT2D eigenvalue weighted by Gasteiger charge is 2.36. The summed E-state index contributed by atoms with van der Waals surface area (Å²) >= 11 is 1.98. The minimum Gasteiger partial charge on any atom is -0.384 e. The number of thioether (sulfide) groups is 1. The Morgan fingerprint density at radius 1 is 1.37 bits per heavy atom. The Kier molecular flexibility index (Phi) is 3.22. The molecule has 1 aliphatic carbocycles. The fraction of sp³-hybridized carbons (Fsp3) is 0.429. The van der Waals surface area contributed by atoms with Gasteiger partial charge in [-0.25, -0.2) is 9.97 Å². The maximum absolute atomic E-state index is 5.64. The van der Waals surface area contributed by atoms with Crippen molar-refractivity contribution in [2.24, 2.45) is 0 Å². The van der Waals surface area contributed by atoms with Gasteiger partial charge >= 0.3 is 0 Å². The second-order valence-corrected chi connectivity index (χ2v) is 6.39. The number of hydrogen-bond acceptors (Lipinski definition) is 4. The lowest BCUT2D eigenvalue weighted by Crippen LogP contribution is -2.37. The first-order valence-corrected chi connectivity index (χ1v) is 7.72. The molecule has 19 heavy (non-hydrogen) atoms. The number of imidazole rings is 1. The summed E-state index contributed by atoms with van der Waals surface area (Å²) in [4.78, 5) is 8.45. The van der Waals surface area contributed by atoms with Gasteiger partial charge in [0.25, 0.3) is 0 Å². The van der Waals surface area contributed by atoms with Gasteiger partial charge in [0, 0.05) is 23.1 Å². The van der Waals surface area contributed by atoms with E-state index in [1.54, 1.807) is 0 Å². The highest BCUT2D eigenvalue weighted by Crippen LogP contribution is 2.44. The van der Waals surface area contributed by atoms with Crippen molar-refractivity contribution in [2.75, 3.05) is 12.0 Å². The van der Waals surface area contributed by atoms with Crippen LogP contribution in [-0.2, 0) is 6.54 Å². The second-order valence-electron chi connectivity index (χ2n) is 5.12. The molecule has 0 amide bonds. The van der Waals surface area contributed by atoms with E-state index in [-0.39, 0.29) is 0 Å². The van der Waals surface area contributed by atoms with Crippen LogP contribution in [0.2, 0.25) is 0 Å². The summed E-state index contributed by atoms with van der Waals surface area (Å²) in [5.74, 6) is 0.550. The summed E-state index contributed by atoms with van der Waals surface area (Å²) in [5.41, 5.74) is 7.83. The van der Waals surface area contributed by atoms with Crippen molar-refractivity contribution in [1.82, 2.24) is 14.5 Å². The Hall–Kier alpha value is -1.49. The van der Waals surface area contributed by atoms with Crippen molar-refractivity contribution in [3.05, 3.63) is 30.9 Å². The van der Waals surface area contributed by atoms with Crippen molar-refractivity contribution in [3.8, 4) is 11.3 Å². The number of nitrogens with zero attached hydrogens (tertiary/aromatic N) is 3. The van der Waals surface area contributed by atoms with Crippen molar-refractivity contribution in [3.63, 3.8) is 0 Å². The van der Waals surface area contributed by atoms with Gasteiger partial charge in [0.1, 0.15) is 5.82 Å². The zero-order valence-electron chi connectivity index (χ0n) is 11.0. The highest BCUT2D eigenvalue weighted by molar-refractivity contribution is 8.00. The van der Waals surface area contributed by atoms with Gasteiger partial charge in [-0.1, -0.05) is 6.42 Å². The van der Waals surface area contributed by atoms with E-state index in [2.05, 4.69) is 20.8 Å². The fourth-order valence-corrected chi connectivity index (χ4v) is 3.52. The van der Waals surface area contributed by atoms with E-state index in [9.17, 15) is 0 Å². The van der Waals surface area contributed by atoms with E-state index < -0.39 is 0 Å². The SMILES string of the molecule is CSC1(Cn2cncc2-c2ccc(N)nc2)CCC1. The number of anilines is 1. The standard InChI is InChI=1S/C14H18N4S/c1-19-14(5-2-6-14)9-18-10-16-8-12(18)11-3-4-13(15)17-7-11/h3-4,7-8,10H,2,5-6,9H2,1H3,(H2,15,17). The predicted molar refractivity (Wildman–Crippen MR) is 80.0 cm³/mol. The third kappa shape index (κ3) is 2.34. The molecule has 2 N–H and O–H groups in total. The summed E-state index contributed by atoms with van der Waals surface area (Å²) in [6.45, 7) is 1.02. The first-order chi connectivity index (χ1) is 9.22. The predicted octanol–water partition coefficient (Wildman–Crippen LogP) is 2.81. The van der Waals surface area contributed by atoms with E-state index in [1.807, 2.05) is 42.6 Å². The van der Waals surface area contributed by atoms with E-state index in [0.717, 1.165) is 17.8 Å². The van der Waals surface area contributed by atoms with E-state index in [4.69, 9.17) is 5.73 Å². The first kappa shape index (κ1) is 12.5. The normalized spacial score (nSPS) is 17.1. The number of nitrogen functional groups attached to an aromatic ring is 1. The maximum atomic E-state index is 5.64. The second kappa shape index (κ2) is 4.89. The van der Waals surface area contributed by atoms with Crippen LogP contribution in [0.25, 0.3) is 11.3 Å². The Morgan fingerprint density at radius 2 is 2.21 bits per heavy atom. The van der Waals surface area contributed by atoms with Crippen LogP contribution in [0.15, 0.2) is 30.9 Å². The van der Waals surface area contributed by atoms with E-state index in [0.29, 0.717) is 10.6 Å². The molecule has 3 rings (SSSR count). The number of nitrogens with two attached hydrogens (primary N) is 1. The number of rotatable bonds is 4. The average Bonchev–Trinajstić information content (AvgIpc) is 2.83. The zero-order valence-corrected chi connectivity index (χ0v) is 11.9. The Morgan fingerprint density at radius 3 is 2.79 bits per heavy atom. The molecule has 0 atom stereocenters. The quantitative estimate of drug-likeness (QED) is 0.931. The minimum absolute atomic E-state index is 0.399. The van der Waals surface area contributed by atoms with Crippen LogP contribution >= 0.6 is 11.8 Å². The van der Waals surface area contributed by atoms with Gasteiger partial charge in [0.05, 0.1) is 18.2 Å². The molecule has 0 saturated heterocycles. The Bertz CT molecular complexity index is 552. The molecule has 1 aliphatic rings. The molecular weight excluding hydrogens is 256 g/mol. The van der Waals surface area contributed by atoms with Crippen molar-refractivity contribution >= 4 is 17.6 Å². The zero-order chi connectivity index (χ0) is 13.3. The molecule has 0 unspecified atom stereocenters. The lowest BCUT2D eigenvalue weighted by molar-refractivity contribution is 0.323. The highest BCUT2D eigenvalue weighted by atomic mass is 32.2. The topological polar surface area (TPSA) is 56.7 Å². The lowest BCUT2D eigenvalue weighted by atomic mass is 9.84. The summed E-state index contributed by atoms with van der Waals surface area (Å²) in [7, 11) is 0. The maximum Gasteiger partial charge on any atom is 0.123 e. The lowest BCUT2D eigenvalue weighted by Gasteiger charge is -2.41. The van der Waals surface area contributed by atoms with E-state index in [1.165, 1.54) is 19.3 Å². The minimum atomic E-state index is 0.399. The molecule has 1 saturated carbocycles. The average molecular weight is 274 g/mol. The molecule has 0 radical (unpaired) electrons. The van der Waals surface area contributed by atoms with Crippen molar-refractivity contribution < 1.29 is 0 Å². The van der Waals surface area contributed by atoms with Crippen LogP contribution in [0.5, 0.6) is 0 Å². The smallest absolute Gasteiger partial charge is 0.123 e. The molecule has 100 valence electrons. The first-order valence-electron chi connectivity index (χ1n) is 6.50. The summed E-state index contributed by atoms with van der Waals surface area (Å²) in [6.07, 6.45) is 11.8. The van der Waals surface area contributed by atoms with Gasteiger partial charge in [-0.05, 0) is 31.2 Å². The number of hydrogen-bond donors (Lipinski definition) is 1. The molecule has 5 heteroatoms. The summed E-state index contributed by atoms with van der Waals surface area (Å²) in [6, 6.07) is 3.84. The summed E-state index contributed by atoms with van der Waals surface area (Å²) in [5, 5.41) is 0. The van der Waals surface area contributed by atoms with Gasteiger partial charge in [0.15, 0.2) is 0 Å². The number of pyridine rings is 1. The van der Waals surface area contributed by atoms with E-state index >= 15 is 0 Å².